The predicted octanol–water partition coefficient (Wildman–Crippen LogP) is 8.16. The lowest BCUT2D eigenvalue weighted by atomic mass is 10.1. The SMILES string of the molecule is Cc1ccc(Cl)cc1N=C1NC(=O)/C(=C/c2c(C)n(Cc3ccc(Cl)cc3Cl)c3ccccc23)S1. The van der Waals surface area contributed by atoms with E-state index < -0.39 is 0 Å². The van der Waals surface area contributed by atoms with Crippen LogP contribution < -0.4 is 5.32 Å². The molecule has 1 aliphatic rings. The van der Waals surface area contributed by atoms with Gasteiger partial charge in [-0.05, 0) is 73.1 Å². The average Bonchev–Trinajstić information content (AvgIpc) is 3.30. The van der Waals surface area contributed by atoms with E-state index in [0.29, 0.717) is 31.7 Å². The lowest BCUT2D eigenvalue weighted by Crippen LogP contribution is -2.19. The van der Waals surface area contributed by atoms with Crippen LogP contribution in [0.5, 0.6) is 0 Å². The van der Waals surface area contributed by atoms with Crippen molar-refractivity contribution in [3.05, 3.63) is 103 Å². The van der Waals surface area contributed by atoms with Crippen LogP contribution in [0.1, 0.15) is 22.4 Å². The van der Waals surface area contributed by atoms with Crippen molar-refractivity contribution in [2.24, 2.45) is 4.99 Å². The van der Waals surface area contributed by atoms with Crippen LogP contribution in [0.3, 0.4) is 0 Å². The first-order valence-corrected chi connectivity index (χ1v) is 12.8. The number of amidine groups is 1. The number of carbonyl (C=O) groups excluding carboxylic acids is 1. The molecule has 176 valence electrons. The van der Waals surface area contributed by atoms with Gasteiger partial charge >= 0.3 is 0 Å². The van der Waals surface area contributed by atoms with Crippen molar-refractivity contribution in [1.82, 2.24) is 9.88 Å². The van der Waals surface area contributed by atoms with Crippen molar-refractivity contribution >= 4 is 80.3 Å². The summed E-state index contributed by atoms with van der Waals surface area (Å²) in [6, 6.07) is 19.2. The number of amides is 1. The number of nitrogens with zero attached hydrogens (tertiary/aromatic N) is 2. The van der Waals surface area contributed by atoms with E-state index in [4.69, 9.17) is 34.8 Å². The summed E-state index contributed by atoms with van der Waals surface area (Å²) in [7, 11) is 0. The Bertz CT molecular complexity index is 1560. The maximum atomic E-state index is 12.8. The molecule has 1 aliphatic heterocycles. The molecule has 1 N–H and O–H groups in total. The van der Waals surface area contributed by atoms with Gasteiger partial charge in [0, 0.05) is 43.8 Å². The highest BCUT2D eigenvalue weighted by molar-refractivity contribution is 8.18. The number of aliphatic imine (C=N–C) groups is 1. The third kappa shape index (κ3) is 4.87. The monoisotopic (exact) mass is 539 g/mol. The smallest absolute Gasteiger partial charge is 0.264 e. The van der Waals surface area contributed by atoms with E-state index >= 15 is 0 Å². The van der Waals surface area contributed by atoms with E-state index in [2.05, 4.69) is 33.9 Å². The molecule has 0 bridgehead atoms. The standard InChI is InChI=1S/C27H20Cl3N3OS/c1-15-7-9-19(29)12-23(15)31-27-32-26(34)25(35-27)13-21-16(2)33(24-6-4-3-5-20(21)24)14-17-8-10-18(28)11-22(17)30/h3-13H,14H2,1-2H3,(H,31,32,34)/b25-13-. The van der Waals surface area contributed by atoms with Gasteiger partial charge in [0.15, 0.2) is 5.17 Å². The van der Waals surface area contributed by atoms with Gasteiger partial charge in [-0.3, -0.25) is 4.79 Å². The maximum Gasteiger partial charge on any atom is 0.264 e. The number of aromatic nitrogens is 1. The highest BCUT2D eigenvalue weighted by Gasteiger charge is 2.25. The number of nitrogens with one attached hydrogen (secondary N) is 1. The largest absolute Gasteiger partial charge is 0.340 e. The van der Waals surface area contributed by atoms with Crippen LogP contribution >= 0.6 is 46.6 Å². The Morgan fingerprint density at radius 2 is 1.74 bits per heavy atom. The van der Waals surface area contributed by atoms with Crippen molar-refractivity contribution in [3.8, 4) is 0 Å². The topological polar surface area (TPSA) is 46.4 Å². The zero-order valence-electron chi connectivity index (χ0n) is 18.9. The highest BCUT2D eigenvalue weighted by Crippen LogP contribution is 2.35. The van der Waals surface area contributed by atoms with Gasteiger partial charge in [-0.25, -0.2) is 4.99 Å². The summed E-state index contributed by atoms with van der Waals surface area (Å²) in [4.78, 5) is 18.0. The summed E-state index contributed by atoms with van der Waals surface area (Å²) in [5.74, 6) is -0.176. The molecule has 4 aromatic rings. The van der Waals surface area contributed by atoms with Crippen LogP contribution in [-0.2, 0) is 11.3 Å². The highest BCUT2D eigenvalue weighted by atomic mass is 35.5. The molecule has 0 atom stereocenters. The summed E-state index contributed by atoms with van der Waals surface area (Å²) in [6.07, 6.45) is 1.94. The van der Waals surface area contributed by atoms with Crippen molar-refractivity contribution in [3.63, 3.8) is 0 Å². The van der Waals surface area contributed by atoms with E-state index in [1.807, 2.05) is 49.4 Å². The van der Waals surface area contributed by atoms with Gasteiger partial charge < -0.3 is 9.88 Å². The Balaban J connectivity index is 1.53. The number of hydrogen-bond donors (Lipinski definition) is 1. The Morgan fingerprint density at radius 1 is 1.00 bits per heavy atom. The molecule has 1 saturated heterocycles. The first kappa shape index (κ1) is 24.0. The molecular weight excluding hydrogens is 521 g/mol. The third-order valence-electron chi connectivity index (χ3n) is 5.94. The molecule has 8 heteroatoms. The van der Waals surface area contributed by atoms with Crippen molar-refractivity contribution in [2.75, 3.05) is 0 Å². The van der Waals surface area contributed by atoms with E-state index in [1.165, 1.54) is 11.8 Å². The van der Waals surface area contributed by atoms with E-state index in [1.54, 1.807) is 12.1 Å². The number of thioether (sulfide) groups is 1. The number of benzene rings is 3. The molecular formula is C27H20Cl3N3OS. The minimum atomic E-state index is -0.176. The molecule has 0 spiro atoms. The number of rotatable bonds is 4. The summed E-state index contributed by atoms with van der Waals surface area (Å²) in [5.41, 5.74) is 5.77. The molecule has 4 nitrogen and oxygen atoms in total. The van der Waals surface area contributed by atoms with Gasteiger partial charge in [0.2, 0.25) is 0 Å². The maximum absolute atomic E-state index is 12.8. The second-order valence-corrected chi connectivity index (χ2v) is 10.6. The Labute approximate surface area is 222 Å². The summed E-state index contributed by atoms with van der Waals surface area (Å²) >= 11 is 20.0. The molecule has 0 aliphatic carbocycles. The number of hydrogen-bond acceptors (Lipinski definition) is 3. The third-order valence-corrected chi connectivity index (χ3v) is 7.67. The fourth-order valence-corrected chi connectivity index (χ4v) is 5.54. The Kier molecular flexibility index (Phi) is 6.69. The molecule has 1 aromatic heterocycles. The van der Waals surface area contributed by atoms with Gasteiger partial charge in [-0.1, -0.05) is 65.1 Å². The Morgan fingerprint density at radius 3 is 2.54 bits per heavy atom. The molecule has 0 unspecified atom stereocenters. The first-order chi connectivity index (χ1) is 16.8. The van der Waals surface area contributed by atoms with Crippen molar-refractivity contribution in [1.29, 1.82) is 0 Å². The zero-order valence-corrected chi connectivity index (χ0v) is 22.0. The van der Waals surface area contributed by atoms with Crippen molar-refractivity contribution < 1.29 is 4.79 Å². The van der Waals surface area contributed by atoms with Gasteiger partial charge in [0.25, 0.3) is 5.91 Å². The van der Waals surface area contributed by atoms with E-state index in [0.717, 1.165) is 39.0 Å². The molecule has 3 aromatic carbocycles. The summed E-state index contributed by atoms with van der Waals surface area (Å²) in [5, 5.41) is 6.29. The normalized spacial score (nSPS) is 16.0. The fraction of sp³-hybridized carbons (Fsp3) is 0.111. The zero-order chi connectivity index (χ0) is 24.7. The molecule has 2 heterocycles. The van der Waals surface area contributed by atoms with E-state index in [-0.39, 0.29) is 5.91 Å². The Hall–Kier alpha value is -2.70. The lowest BCUT2D eigenvalue weighted by Gasteiger charge is -2.10. The van der Waals surface area contributed by atoms with Crippen LogP contribution in [-0.4, -0.2) is 15.6 Å². The number of para-hydroxylation sites is 1. The van der Waals surface area contributed by atoms with Crippen LogP contribution in [0.2, 0.25) is 15.1 Å². The summed E-state index contributed by atoms with van der Waals surface area (Å²) in [6.45, 7) is 4.60. The molecule has 35 heavy (non-hydrogen) atoms. The van der Waals surface area contributed by atoms with E-state index in [9.17, 15) is 4.79 Å². The predicted molar refractivity (Wildman–Crippen MR) is 149 cm³/mol. The van der Waals surface area contributed by atoms with Gasteiger partial charge in [-0.2, -0.15) is 0 Å². The second-order valence-electron chi connectivity index (χ2n) is 8.25. The number of halogens is 3. The molecule has 0 saturated carbocycles. The molecule has 1 fully saturated rings. The minimum absolute atomic E-state index is 0.176. The van der Waals surface area contributed by atoms with Crippen LogP contribution in [0.4, 0.5) is 5.69 Å². The van der Waals surface area contributed by atoms with Crippen LogP contribution in [0.25, 0.3) is 17.0 Å². The molecule has 0 radical (unpaired) electrons. The lowest BCUT2D eigenvalue weighted by molar-refractivity contribution is -0.115. The fourth-order valence-electron chi connectivity index (χ4n) is 4.09. The van der Waals surface area contributed by atoms with Gasteiger partial charge in [0.05, 0.1) is 10.6 Å². The first-order valence-electron chi connectivity index (χ1n) is 10.9. The second kappa shape index (κ2) is 9.75. The quantitative estimate of drug-likeness (QED) is 0.265. The number of aryl methyl sites for hydroxylation is 1. The van der Waals surface area contributed by atoms with Crippen LogP contribution in [0.15, 0.2) is 70.6 Å². The minimum Gasteiger partial charge on any atom is -0.340 e. The number of carbonyl (C=O) groups is 1. The molecule has 1 amide bonds. The van der Waals surface area contributed by atoms with Crippen LogP contribution in [0, 0.1) is 13.8 Å². The number of fused-ring (bicyclic) bond motifs is 1. The molecule has 5 rings (SSSR count). The van der Waals surface area contributed by atoms with Gasteiger partial charge in [0.1, 0.15) is 0 Å². The van der Waals surface area contributed by atoms with Crippen molar-refractivity contribution in [2.45, 2.75) is 20.4 Å². The van der Waals surface area contributed by atoms with Gasteiger partial charge in [-0.15, -0.1) is 0 Å². The average molecular weight is 541 g/mol. The summed E-state index contributed by atoms with van der Waals surface area (Å²) < 4.78 is 2.21.